The van der Waals surface area contributed by atoms with Gasteiger partial charge in [-0.25, -0.2) is 0 Å². The van der Waals surface area contributed by atoms with Gasteiger partial charge >= 0.3 is 0 Å². The molecule has 138 valence electrons. The van der Waals surface area contributed by atoms with Crippen LogP contribution >= 0.6 is 0 Å². The number of rotatable bonds is 7. The number of para-hydroxylation sites is 1. The van der Waals surface area contributed by atoms with Gasteiger partial charge in [0.25, 0.3) is 0 Å². The molecule has 5 heteroatoms. The van der Waals surface area contributed by atoms with Crippen molar-refractivity contribution in [2.45, 2.75) is 32.1 Å². The summed E-state index contributed by atoms with van der Waals surface area (Å²) in [5, 5.41) is 2.94. The zero-order valence-corrected chi connectivity index (χ0v) is 15.5. The molecule has 0 saturated carbocycles. The Morgan fingerprint density at radius 2 is 1.77 bits per heavy atom. The lowest BCUT2D eigenvalue weighted by atomic mass is 9.84. The van der Waals surface area contributed by atoms with Crippen molar-refractivity contribution in [2.75, 3.05) is 26.1 Å². The van der Waals surface area contributed by atoms with Crippen molar-refractivity contribution < 1.29 is 19.0 Å². The third kappa shape index (κ3) is 3.62. The van der Waals surface area contributed by atoms with Gasteiger partial charge in [0.05, 0.1) is 20.8 Å². The Hall–Kier alpha value is -2.69. The van der Waals surface area contributed by atoms with Crippen LogP contribution in [0.2, 0.25) is 0 Å². The fourth-order valence-corrected chi connectivity index (χ4v) is 3.29. The van der Waals surface area contributed by atoms with E-state index >= 15 is 0 Å². The highest BCUT2D eigenvalue weighted by atomic mass is 16.5. The fourth-order valence-electron chi connectivity index (χ4n) is 3.29. The number of methoxy groups -OCH3 is 2. The van der Waals surface area contributed by atoms with E-state index in [-0.39, 0.29) is 11.8 Å². The van der Waals surface area contributed by atoms with Crippen LogP contribution in [-0.2, 0) is 4.79 Å². The lowest BCUT2D eigenvalue weighted by Gasteiger charge is -2.28. The number of carbonyl (C=O) groups excluding carboxylic acids is 1. The Labute approximate surface area is 154 Å². The van der Waals surface area contributed by atoms with Crippen LogP contribution < -0.4 is 19.5 Å². The van der Waals surface area contributed by atoms with Crippen LogP contribution in [0.4, 0.5) is 5.69 Å². The number of amides is 1. The van der Waals surface area contributed by atoms with E-state index in [0.29, 0.717) is 24.5 Å². The van der Waals surface area contributed by atoms with Gasteiger partial charge in [0.15, 0.2) is 11.5 Å². The van der Waals surface area contributed by atoms with Crippen molar-refractivity contribution in [3.8, 4) is 17.2 Å². The quantitative estimate of drug-likeness (QED) is 0.750. The summed E-state index contributed by atoms with van der Waals surface area (Å²) in [6, 6.07) is 11.7. The number of fused-ring (bicyclic) bond motifs is 1. The number of ether oxygens (including phenoxy) is 3. The minimum absolute atomic E-state index is 0.0157. The normalized spacial score (nSPS) is 15.8. The van der Waals surface area contributed by atoms with Crippen molar-refractivity contribution >= 4 is 11.6 Å². The number of anilines is 1. The third-order valence-electron chi connectivity index (χ3n) is 4.64. The Bertz CT molecular complexity index is 788. The monoisotopic (exact) mass is 355 g/mol. The summed E-state index contributed by atoms with van der Waals surface area (Å²) in [7, 11) is 3.20. The summed E-state index contributed by atoms with van der Waals surface area (Å²) in [6.45, 7) is 2.81. The smallest absolute Gasteiger partial charge is 0.225 e. The second-order valence-corrected chi connectivity index (χ2v) is 6.34. The van der Waals surface area contributed by atoms with Crippen molar-refractivity contribution in [3.05, 3.63) is 47.5 Å². The molecule has 26 heavy (non-hydrogen) atoms. The summed E-state index contributed by atoms with van der Waals surface area (Å²) < 4.78 is 16.8. The van der Waals surface area contributed by atoms with Gasteiger partial charge in [0.2, 0.25) is 5.91 Å². The van der Waals surface area contributed by atoms with Crippen LogP contribution in [0.1, 0.15) is 43.2 Å². The van der Waals surface area contributed by atoms with Crippen molar-refractivity contribution in [3.63, 3.8) is 0 Å². The summed E-state index contributed by atoms with van der Waals surface area (Å²) >= 11 is 0. The van der Waals surface area contributed by atoms with Crippen molar-refractivity contribution in [1.29, 1.82) is 0 Å². The van der Waals surface area contributed by atoms with Gasteiger partial charge < -0.3 is 19.5 Å². The number of carbonyl (C=O) groups is 1. The molecule has 1 heterocycles. The molecule has 2 aromatic carbocycles. The van der Waals surface area contributed by atoms with E-state index in [1.807, 2.05) is 36.4 Å². The molecule has 0 aliphatic carbocycles. The number of benzene rings is 2. The standard InChI is InChI=1S/C21H25NO4/c1-4-5-10-26-18-9-7-6-8-14(18)15-12-21(23)22-17-13-20(25-3)19(24-2)11-16(15)17/h6-9,11,13,15H,4-5,10,12H2,1-3H3,(H,22,23)/t15-/m1/s1. The topological polar surface area (TPSA) is 56.8 Å². The van der Waals surface area contributed by atoms with E-state index in [2.05, 4.69) is 12.2 Å². The molecule has 0 radical (unpaired) electrons. The first-order valence-corrected chi connectivity index (χ1v) is 8.95. The summed E-state index contributed by atoms with van der Waals surface area (Å²) in [5.41, 5.74) is 2.79. The Morgan fingerprint density at radius 3 is 2.50 bits per heavy atom. The van der Waals surface area contributed by atoms with E-state index < -0.39 is 0 Å². The average Bonchev–Trinajstić information content (AvgIpc) is 2.67. The molecule has 1 aliphatic heterocycles. The third-order valence-corrected chi connectivity index (χ3v) is 4.64. The van der Waals surface area contributed by atoms with Gasteiger partial charge in [-0.1, -0.05) is 31.5 Å². The zero-order chi connectivity index (χ0) is 18.5. The molecule has 0 bridgehead atoms. The molecule has 1 N–H and O–H groups in total. The molecule has 0 spiro atoms. The van der Waals surface area contributed by atoms with Gasteiger partial charge in [0.1, 0.15) is 5.75 Å². The maximum Gasteiger partial charge on any atom is 0.225 e. The Balaban J connectivity index is 2.04. The fraction of sp³-hybridized carbons (Fsp3) is 0.381. The number of unbranched alkanes of at least 4 members (excludes halogenated alkanes) is 1. The lowest BCUT2D eigenvalue weighted by molar-refractivity contribution is -0.116. The molecule has 2 aromatic rings. The van der Waals surface area contributed by atoms with Gasteiger partial charge in [-0.15, -0.1) is 0 Å². The van der Waals surface area contributed by atoms with E-state index in [1.165, 1.54) is 0 Å². The molecular weight excluding hydrogens is 330 g/mol. The van der Waals surface area contributed by atoms with Gasteiger partial charge in [0, 0.05) is 29.7 Å². The molecule has 0 fully saturated rings. The van der Waals surface area contributed by atoms with E-state index in [4.69, 9.17) is 14.2 Å². The number of hydrogen-bond donors (Lipinski definition) is 1. The summed E-state index contributed by atoms with van der Waals surface area (Å²) in [5.74, 6) is 1.98. The Kier molecular flexibility index (Phi) is 5.66. The van der Waals surface area contributed by atoms with Crippen molar-refractivity contribution in [1.82, 2.24) is 0 Å². The second kappa shape index (κ2) is 8.13. The first kappa shape index (κ1) is 18.1. The van der Waals surface area contributed by atoms with Crippen LogP contribution in [0.5, 0.6) is 17.2 Å². The van der Waals surface area contributed by atoms with Gasteiger partial charge in [-0.05, 0) is 24.1 Å². The highest BCUT2D eigenvalue weighted by molar-refractivity contribution is 5.96. The minimum atomic E-state index is -0.0867. The SMILES string of the molecule is CCCCOc1ccccc1[C@H]1CC(=O)Nc2cc(OC)c(OC)cc21. The van der Waals surface area contributed by atoms with Gasteiger partial charge in [-0.2, -0.15) is 0 Å². The second-order valence-electron chi connectivity index (χ2n) is 6.34. The average molecular weight is 355 g/mol. The molecule has 1 aliphatic rings. The molecule has 0 unspecified atom stereocenters. The first-order valence-electron chi connectivity index (χ1n) is 8.95. The van der Waals surface area contributed by atoms with Gasteiger partial charge in [-0.3, -0.25) is 4.79 Å². The molecule has 1 atom stereocenters. The molecular formula is C21H25NO4. The van der Waals surface area contributed by atoms with E-state index in [1.54, 1.807) is 14.2 Å². The number of hydrogen-bond acceptors (Lipinski definition) is 4. The molecule has 1 amide bonds. The molecule has 3 rings (SSSR count). The Morgan fingerprint density at radius 1 is 1.04 bits per heavy atom. The summed E-state index contributed by atoms with van der Waals surface area (Å²) in [4.78, 5) is 12.3. The highest BCUT2D eigenvalue weighted by Gasteiger charge is 2.30. The van der Waals surface area contributed by atoms with Crippen LogP contribution in [0.3, 0.4) is 0 Å². The van der Waals surface area contributed by atoms with Crippen LogP contribution in [0, 0.1) is 0 Å². The largest absolute Gasteiger partial charge is 0.493 e. The van der Waals surface area contributed by atoms with Crippen LogP contribution in [-0.4, -0.2) is 26.7 Å². The van der Waals surface area contributed by atoms with E-state index in [0.717, 1.165) is 35.4 Å². The maximum atomic E-state index is 12.3. The van der Waals surface area contributed by atoms with Crippen LogP contribution in [0.25, 0.3) is 0 Å². The molecule has 0 saturated heterocycles. The first-order chi connectivity index (χ1) is 12.7. The van der Waals surface area contributed by atoms with Crippen LogP contribution in [0.15, 0.2) is 36.4 Å². The minimum Gasteiger partial charge on any atom is -0.493 e. The molecule has 0 aromatic heterocycles. The zero-order valence-electron chi connectivity index (χ0n) is 15.5. The lowest BCUT2D eigenvalue weighted by Crippen LogP contribution is -2.24. The van der Waals surface area contributed by atoms with E-state index in [9.17, 15) is 4.79 Å². The number of nitrogens with one attached hydrogen (secondary N) is 1. The molecule has 5 nitrogen and oxygen atoms in total. The highest BCUT2D eigenvalue weighted by Crippen LogP contribution is 2.45. The van der Waals surface area contributed by atoms with Crippen molar-refractivity contribution in [2.24, 2.45) is 0 Å². The predicted molar refractivity (Wildman–Crippen MR) is 101 cm³/mol. The summed E-state index contributed by atoms with van der Waals surface area (Å²) in [6.07, 6.45) is 2.45. The maximum absolute atomic E-state index is 12.3. The predicted octanol–water partition coefficient (Wildman–Crippen LogP) is 4.36.